The normalized spacial score (nSPS) is 15.2. The van der Waals surface area contributed by atoms with Gasteiger partial charge in [0, 0.05) is 17.7 Å². The van der Waals surface area contributed by atoms with Crippen molar-refractivity contribution in [2.75, 3.05) is 6.61 Å². The average molecular weight is 558 g/mol. The number of ether oxygens (including phenoxy) is 1. The zero-order valence-electron chi connectivity index (χ0n) is 22.4. The van der Waals surface area contributed by atoms with Gasteiger partial charge in [-0.1, -0.05) is 61.6 Å². The van der Waals surface area contributed by atoms with Gasteiger partial charge in [-0.15, -0.1) is 0 Å². The molecule has 40 heavy (non-hydrogen) atoms. The lowest BCUT2D eigenvalue weighted by molar-refractivity contribution is -0.384. The summed E-state index contributed by atoms with van der Waals surface area (Å²) < 4.78 is 13.4. The molecule has 0 unspecified atom stereocenters. The fourth-order valence-corrected chi connectivity index (χ4v) is 5.66. The van der Waals surface area contributed by atoms with Crippen LogP contribution in [-0.2, 0) is 9.53 Å². The first-order valence-electron chi connectivity index (χ1n) is 12.8. The summed E-state index contributed by atoms with van der Waals surface area (Å²) in [5.74, 6) is 0.473. The molecule has 204 valence electrons. The van der Waals surface area contributed by atoms with Crippen LogP contribution in [0.25, 0.3) is 17.4 Å². The van der Waals surface area contributed by atoms with E-state index in [1.165, 1.54) is 33.6 Å². The van der Waals surface area contributed by atoms with Crippen LogP contribution < -0.4 is 14.9 Å². The lowest BCUT2D eigenvalue weighted by atomic mass is 10.0. The maximum Gasteiger partial charge on any atom is 0.338 e. The molecule has 0 radical (unpaired) electrons. The van der Waals surface area contributed by atoms with Gasteiger partial charge < -0.3 is 9.15 Å². The van der Waals surface area contributed by atoms with E-state index in [-0.39, 0.29) is 23.4 Å². The van der Waals surface area contributed by atoms with Crippen LogP contribution in [0, 0.1) is 10.1 Å². The number of non-ortho nitro benzene ring substituents is 1. The first-order chi connectivity index (χ1) is 19.2. The SMILES string of the molecule is CCOC(=O)C1=C(C)N=c2s/c(=C\c3ccc(C(C)C)cc3)c(=O)n2[C@H]1c1ccc(-c2cccc([N+](=O)[O-])c2)o1. The lowest BCUT2D eigenvalue weighted by Gasteiger charge is -2.22. The number of esters is 1. The van der Waals surface area contributed by atoms with E-state index in [9.17, 15) is 19.7 Å². The largest absolute Gasteiger partial charge is 0.463 e. The second kappa shape index (κ2) is 10.9. The molecular formula is C30H27N3O6S. The maximum atomic E-state index is 13.8. The summed E-state index contributed by atoms with van der Waals surface area (Å²) in [4.78, 5) is 42.7. The Kier molecular flexibility index (Phi) is 7.36. The van der Waals surface area contributed by atoms with E-state index in [4.69, 9.17) is 9.15 Å². The third-order valence-corrected chi connectivity index (χ3v) is 7.64. The van der Waals surface area contributed by atoms with Crippen molar-refractivity contribution in [1.29, 1.82) is 0 Å². The van der Waals surface area contributed by atoms with Gasteiger partial charge in [-0.05, 0) is 49.1 Å². The molecule has 3 heterocycles. The van der Waals surface area contributed by atoms with Gasteiger partial charge >= 0.3 is 5.97 Å². The van der Waals surface area contributed by atoms with Crippen molar-refractivity contribution in [3.05, 3.63) is 119 Å². The summed E-state index contributed by atoms with van der Waals surface area (Å²) in [5.41, 5.74) is 2.80. The van der Waals surface area contributed by atoms with Crippen molar-refractivity contribution in [3.8, 4) is 11.3 Å². The van der Waals surface area contributed by atoms with Crippen LogP contribution in [0.15, 0.2) is 86.1 Å². The molecule has 4 aromatic rings. The highest BCUT2D eigenvalue weighted by molar-refractivity contribution is 7.07. The first kappa shape index (κ1) is 27.0. The molecule has 2 aromatic carbocycles. The molecule has 0 fully saturated rings. The van der Waals surface area contributed by atoms with E-state index in [0.717, 1.165) is 5.56 Å². The zero-order chi connectivity index (χ0) is 28.6. The molecular weight excluding hydrogens is 530 g/mol. The van der Waals surface area contributed by atoms with Gasteiger partial charge in [0.2, 0.25) is 0 Å². The number of nitro groups is 1. The molecule has 0 saturated heterocycles. The minimum atomic E-state index is -0.923. The minimum Gasteiger partial charge on any atom is -0.463 e. The number of allylic oxidation sites excluding steroid dienone is 1. The summed E-state index contributed by atoms with van der Waals surface area (Å²) in [6, 6.07) is 16.5. The van der Waals surface area contributed by atoms with Crippen LogP contribution in [0.3, 0.4) is 0 Å². The maximum absolute atomic E-state index is 13.8. The number of thiazole rings is 1. The standard InChI is InChI=1S/C30H27N3O6S/c1-5-38-29(35)26-18(4)31-30-32(28(34)25(40-30)15-19-9-11-20(12-10-19)17(2)3)27(26)24-14-13-23(39-24)21-7-6-8-22(16-21)33(36)37/h6-17,27H,5H2,1-4H3/b25-15-/t27-/m0/s1. The molecule has 1 aliphatic heterocycles. The van der Waals surface area contributed by atoms with Crippen molar-refractivity contribution in [1.82, 2.24) is 4.57 Å². The third kappa shape index (κ3) is 5.05. The number of nitro benzene ring substituents is 1. The smallest absolute Gasteiger partial charge is 0.338 e. The number of hydrogen-bond donors (Lipinski definition) is 0. The Morgan fingerprint density at radius 1 is 1.20 bits per heavy atom. The molecule has 1 atom stereocenters. The van der Waals surface area contributed by atoms with Gasteiger partial charge in [0.25, 0.3) is 11.2 Å². The van der Waals surface area contributed by atoms with E-state index in [0.29, 0.717) is 38.0 Å². The molecule has 0 aliphatic carbocycles. The highest BCUT2D eigenvalue weighted by atomic mass is 32.1. The van der Waals surface area contributed by atoms with Gasteiger partial charge in [0.05, 0.1) is 27.3 Å². The number of fused-ring (bicyclic) bond motifs is 1. The Labute approximate surface area is 233 Å². The molecule has 10 heteroatoms. The summed E-state index contributed by atoms with van der Waals surface area (Å²) >= 11 is 1.23. The molecule has 0 bridgehead atoms. The van der Waals surface area contributed by atoms with Crippen LogP contribution in [0.1, 0.15) is 56.5 Å². The predicted octanol–water partition coefficient (Wildman–Crippen LogP) is 5.09. The zero-order valence-corrected chi connectivity index (χ0v) is 23.2. The average Bonchev–Trinajstić information content (AvgIpc) is 3.53. The molecule has 5 rings (SSSR count). The number of carbonyl (C=O) groups excluding carboxylic acids is 1. The number of carbonyl (C=O) groups is 1. The van der Waals surface area contributed by atoms with E-state index in [2.05, 4.69) is 18.8 Å². The molecule has 0 spiro atoms. The van der Waals surface area contributed by atoms with Gasteiger partial charge in [-0.25, -0.2) is 9.79 Å². The number of benzene rings is 2. The molecule has 2 aromatic heterocycles. The van der Waals surface area contributed by atoms with Gasteiger partial charge in [-0.3, -0.25) is 19.5 Å². The first-order valence-corrected chi connectivity index (χ1v) is 13.6. The summed E-state index contributed by atoms with van der Waals surface area (Å²) in [7, 11) is 0. The van der Waals surface area contributed by atoms with E-state index in [1.807, 2.05) is 30.3 Å². The van der Waals surface area contributed by atoms with E-state index < -0.39 is 16.9 Å². The summed E-state index contributed by atoms with van der Waals surface area (Å²) in [6.07, 6.45) is 1.81. The molecule has 9 nitrogen and oxygen atoms in total. The van der Waals surface area contributed by atoms with Crippen molar-refractivity contribution in [2.24, 2.45) is 4.99 Å². The molecule has 0 amide bonds. The van der Waals surface area contributed by atoms with Crippen LogP contribution in [-0.4, -0.2) is 22.1 Å². The van der Waals surface area contributed by atoms with Gasteiger partial charge in [-0.2, -0.15) is 0 Å². The summed E-state index contributed by atoms with van der Waals surface area (Å²) in [5, 5.41) is 11.3. The highest BCUT2D eigenvalue weighted by Crippen LogP contribution is 2.34. The molecule has 0 N–H and O–H groups in total. The fraction of sp³-hybridized carbons (Fsp3) is 0.233. The second-order valence-electron chi connectivity index (χ2n) is 9.63. The van der Waals surface area contributed by atoms with Crippen molar-refractivity contribution < 1.29 is 18.9 Å². The third-order valence-electron chi connectivity index (χ3n) is 6.66. The highest BCUT2D eigenvalue weighted by Gasteiger charge is 2.35. The predicted molar refractivity (Wildman–Crippen MR) is 152 cm³/mol. The topological polar surface area (TPSA) is 117 Å². The molecule has 1 aliphatic rings. The van der Waals surface area contributed by atoms with Crippen LogP contribution in [0.4, 0.5) is 5.69 Å². The van der Waals surface area contributed by atoms with Gasteiger partial charge in [0.15, 0.2) is 4.80 Å². The van der Waals surface area contributed by atoms with Crippen LogP contribution in [0.5, 0.6) is 0 Å². The number of rotatable bonds is 7. The second-order valence-corrected chi connectivity index (χ2v) is 10.6. The fourth-order valence-electron chi connectivity index (χ4n) is 4.62. The quantitative estimate of drug-likeness (QED) is 0.178. The summed E-state index contributed by atoms with van der Waals surface area (Å²) in [6.45, 7) is 7.79. The van der Waals surface area contributed by atoms with E-state index in [1.54, 1.807) is 38.1 Å². The van der Waals surface area contributed by atoms with E-state index >= 15 is 0 Å². The minimum absolute atomic E-state index is 0.0761. The monoisotopic (exact) mass is 557 g/mol. The Balaban J connectivity index is 1.65. The Morgan fingerprint density at radius 2 is 1.95 bits per heavy atom. The Hall–Kier alpha value is -4.57. The number of hydrogen-bond acceptors (Lipinski definition) is 8. The van der Waals surface area contributed by atoms with Crippen LogP contribution in [0.2, 0.25) is 0 Å². The Morgan fingerprint density at radius 3 is 2.62 bits per heavy atom. The molecule has 0 saturated carbocycles. The number of nitrogens with zero attached hydrogens (tertiary/aromatic N) is 3. The van der Waals surface area contributed by atoms with Crippen molar-refractivity contribution >= 4 is 29.1 Å². The Bertz CT molecular complexity index is 1830. The number of aromatic nitrogens is 1. The lowest BCUT2D eigenvalue weighted by Crippen LogP contribution is -2.39. The van der Waals surface area contributed by atoms with Crippen molar-refractivity contribution in [3.63, 3.8) is 0 Å². The van der Waals surface area contributed by atoms with Gasteiger partial charge in [0.1, 0.15) is 17.6 Å². The van der Waals surface area contributed by atoms with Crippen molar-refractivity contribution in [2.45, 2.75) is 39.7 Å². The number of furan rings is 1. The van der Waals surface area contributed by atoms with Crippen LogP contribution >= 0.6 is 11.3 Å².